The Labute approximate surface area is 169 Å². The van der Waals surface area contributed by atoms with Crippen LogP contribution in [0, 0.1) is 0 Å². The summed E-state index contributed by atoms with van der Waals surface area (Å²) in [7, 11) is 6.73. The minimum atomic E-state index is -0.353. The summed E-state index contributed by atoms with van der Waals surface area (Å²) in [5.74, 6) is 1.91. The Kier molecular flexibility index (Phi) is 4.66. The van der Waals surface area contributed by atoms with Gasteiger partial charge < -0.3 is 19.7 Å². The van der Waals surface area contributed by atoms with Crippen LogP contribution in [0.1, 0.15) is 18.5 Å². The Morgan fingerprint density at radius 1 is 1.10 bits per heavy atom. The maximum absolute atomic E-state index is 13.2. The summed E-state index contributed by atoms with van der Waals surface area (Å²) < 4.78 is 13.0. The number of allylic oxidation sites excluding steroid dienone is 1. The van der Waals surface area contributed by atoms with Gasteiger partial charge in [0.15, 0.2) is 11.5 Å². The Morgan fingerprint density at radius 3 is 2.52 bits per heavy atom. The van der Waals surface area contributed by atoms with E-state index in [1.807, 2.05) is 49.4 Å². The second kappa shape index (κ2) is 7.16. The number of rotatable bonds is 4. The van der Waals surface area contributed by atoms with Crippen LogP contribution in [0.4, 0.5) is 5.95 Å². The van der Waals surface area contributed by atoms with Crippen LogP contribution in [-0.2, 0) is 4.79 Å². The molecule has 0 aliphatic carbocycles. The van der Waals surface area contributed by atoms with E-state index in [0.29, 0.717) is 23.0 Å². The van der Waals surface area contributed by atoms with Crippen molar-refractivity contribution >= 4 is 22.9 Å². The fraction of sp³-hybridized carbons (Fsp3) is 0.273. The van der Waals surface area contributed by atoms with Gasteiger partial charge >= 0.3 is 0 Å². The molecule has 0 radical (unpaired) electrons. The number of para-hydroxylation sites is 2. The van der Waals surface area contributed by atoms with Crippen LogP contribution in [0.5, 0.6) is 11.5 Å². The van der Waals surface area contributed by atoms with Crippen molar-refractivity contribution in [2.75, 3.05) is 33.6 Å². The lowest BCUT2D eigenvalue weighted by Crippen LogP contribution is -2.34. The quantitative estimate of drug-likeness (QED) is 0.737. The molecule has 1 aliphatic heterocycles. The average molecular weight is 392 g/mol. The molecule has 1 N–H and O–H groups in total. The van der Waals surface area contributed by atoms with E-state index in [9.17, 15) is 4.79 Å². The van der Waals surface area contributed by atoms with E-state index in [1.165, 1.54) is 0 Å². The number of benzene rings is 2. The molecule has 0 saturated heterocycles. The SMILES string of the molecule is COc1ccc(C2C(C(=O)N(C)C)=C(C)Nc3nc4ccccc4n32)cc1OC. The molecule has 7 nitrogen and oxygen atoms in total. The summed E-state index contributed by atoms with van der Waals surface area (Å²) in [5, 5.41) is 3.31. The lowest BCUT2D eigenvalue weighted by molar-refractivity contribution is -0.125. The van der Waals surface area contributed by atoms with Gasteiger partial charge in [0.1, 0.15) is 0 Å². The average Bonchev–Trinajstić information content (AvgIpc) is 3.09. The molecule has 3 aromatic rings. The first-order chi connectivity index (χ1) is 14.0. The fourth-order valence-corrected chi connectivity index (χ4v) is 3.82. The van der Waals surface area contributed by atoms with Gasteiger partial charge in [0.2, 0.25) is 5.95 Å². The number of likely N-dealkylation sites (N-methyl/N-ethyl adjacent to an activating group) is 1. The number of hydrogen-bond acceptors (Lipinski definition) is 5. The summed E-state index contributed by atoms with van der Waals surface area (Å²) in [5.41, 5.74) is 4.18. The first-order valence-electron chi connectivity index (χ1n) is 9.34. The molecule has 2 heterocycles. The van der Waals surface area contributed by atoms with Crippen molar-refractivity contribution in [2.45, 2.75) is 13.0 Å². The van der Waals surface area contributed by atoms with Gasteiger partial charge in [-0.1, -0.05) is 18.2 Å². The highest BCUT2D eigenvalue weighted by molar-refractivity contribution is 5.97. The molecule has 29 heavy (non-hydrogen) atoms. The van der Waals surface area contributed by atoms with E-state index in [-0.39, 0.29) is 11.9 Å². The van der Waals surface area contributed by atoms with Gasteiger partial charge in [-0.05, 0) is 36.8 Å². The van der Waals surface area contributed by atoms with E-state index in [0.717, 1.165) is 22.3 Å². The van der Waals surface area contributed by atoms with Crippen molar-refractivity contribution in [3.8, 4) is 11.5 Å². The molecule has 2 aromatic carbocycles. The van der Waals surface area contributed by atoms with Crippen LogP contribution < -0.4 is 14.8 Å². The predicted molar refractivity (Wildman–Crippen MR) is 112 cm³/mol. The number of amides is 1. The molecule has 4 rings (SSSR count). The number of methoxy groups -OCH3 is 2. The van der Waals surface area contributed by atoms with Crippen LogP contribution in [0.15, 0.2) is 53.7 Å². The maximum atomic E-state index is 13.2. The Morgan fingerprint density at radius 2 is 1.83 bits per heavy atom. The molecule has 150 valence electrons. The van der Waals surface area contributed by atoms with Gasteiger partial charge in [0, 0.05) is 19.8 Å². The smallest absolute Gasteiger partial charge is 0.253 e. The monoisotopic (exact) mass is 392 g/mol. The van der Waals surface area contributed by atoms with Crippen LogP contribution in [0.25, 0.3) is 11.0 Å². The molecule has 1 atom stereocenters. The number of carbonyl (C=O) groups is 1. The molecule has 1 amide bonds. The number of hydrogen-bond donors (Lipinski definition) is 1. The van der Waals surface area contributed by atoms with Gasteiger partial charge in [-0.3, -0.25) is 9.36 Å². The zero-order valence-corrected chi connectivity index (χ0v) is 17.2. The van der Waals surface area contributed by atoms with Crippen LogP contribution >= 0.6 is 0 Å². The summed E-state index contributed by atoms with van der Waals surface area (Å²) in [6, 6.07) is 13.3. The van der Waals surface area contributed by atoms with Crippen molar-refractivity contribution in [3.63, 3.8) is 0 Å². The van der Waals surface area contributed by atoms with Gasteiger partial charge in [0.25, 0.3) is 5.91 Å². The number of aromatic nitrogens is 2. The van der Waals surface area contributed by atoms with Crippen molar-refractivity contribution in [1.29, 1.82) is 0 Å². The molecule has 1 unspecified atom stereocenters. The summed E-state index contributed by atoms with van der Waals surface area (Å²) >= 11 is 0. The van der Waals surface area contributed by atoms with Gasteiger partial charge in [-0.25, -0.2) is 4.98 Å². The van der Waals surface area contributed by atoms with Crippen molar-refractivity contribution < 1.29 is 14.3 Å². The van der Waals surface area contributed by atoms with Crippen LogP contribution in [0.3, 0.4) is 0 Å². The number of imidazole rings is 1. The molecular weight excluding hydrogens is 368 g/mol. The third kappa shape index (κ3) is 2.99. The van der Waals surface area contributed by atoms with Crippen LogP contribution in [0.2, 0.25) is 0 Å². The fourth-order valence-electron chi connectivity index (χ4n) is 3.82. The molecule has 1 aliphatic rings. The second-order valence-corrected chi connectivity index (χ2v) is 7.17. The summed E-state index contributed by atoms with van der Waals surface area (Å²) in [4.78, 5) is 19.5. The second-order valence-electron chi connectivity index (χ2n) is 7.17. The minimum absolute atomic E-state index is 0.0572. The normalized spacial score (nSPS) is 15.7. The highest BCUT2D eigenvalue weighted by Gasteiger charge is 2.35. The highest BCUT2D eigenvalue weighted by Crippen LogP contribution is 2.41. The first kappa shape index (κ1) is 18.9. The third-order valence-corrected chi connectivity index (χ3v) is 5.19. The largest absolute Gasteiger partial charge is 0.493 e. The Hall–Kier alpha value is -3.48. The van der Waals surface area contributed by atoms with Crippen molar-refractivity contribution in [3.05, 3.63) is 59.3 Å². The van der Waals surface area contributed by atoms with E-state index in [2.05, 4.69) is 9.88 Å². The van der Waals surface area contributed by atoms with E-state index >= 15 is 0 Å². The van der Waals surface area contributed by atoms with E-state index in [1.54, 1.807) is 33.2 Å². The van der Waals surface area contributed by atoms with Crippen LogP contribution in [-0.4, -0.2) is 48.7 Å². The zero-order valence-electron chi connectivity index (χ0n) is 17.2. The molecule has 0 fully saturated rings. The number of ether oxygens (including phenoxy) is 2. The molecular formula is C22H24N4O3. The number of fused-ring (bicyclic) bond motifs is 3. The summed E-state index contributed by atoms with van der Waals surface area (Å²) in [6.07, 6.45) is 0. The molecule has 0 bridgehead atoms. The lowest BCUT2D eigenvalue weighted by atomic mass is 9.93. The Bertz CT molecular complexity index is 1130. The first-order valence-corrected chi connectivity index (χ1v) is 9.34. The maximum Gasteiger partial charge on any atom is 0.253 e. The zero-order chi connectivity index (χ0) is 20.7. The van der Waals surface area contributed by atoms with E-state index < -0.39 is 0 Å². The molecule has 0 saturated carbocycles. The standard InChI is InChI=1S/C22H24N4O3/c1-13-19(21(27)25(2)3)20(14-10-11-17(28-4)18(12-14)29-5)26-16-9-7-6-8-15(16)24-22(26)23-13/h6-12,20H,1-5H3,(H,23,24). The van der Waals surface area contributed by atoms with Crippen molar-refractivity contribution in [1.82, 2.24) is 14.5 Å². The van der Waals surface area contributed by atoms with Gasteiger partial charge in [-0.15, -0.1) is 0 Å². The van der Waals surface area contributed by atoms with Crippen molar-refractivity contribution in [2.24, 2.45) is 0 Å². The lowest BCUT2D eigenvalue weighted by Gasteiger charge is -2.32. The van der Waals surface area contributed by atoms with Gasteiger partial charge in [-0.2, -0.15) is 0 Å². The minimum Gasteiger partial charge on any atom is -0.493 e. The molecule has 1 aromatic heterocycles. The predicted octanol–water partition coefficient (Wildman–Crippen LogP) is 3.43. The number of nitrogens with one attached hydrogen (secondary N) is 1. The third-order valence-electron chi connectivity index (χ3n) is 5.19. The number of anilines is 1. The topological polar surface area (TPSA) is 68.6 Å². The molecule has 7 heteroatoms. The Balaban J connectivity index is 2.00. The number of nitrogens with zero attached hydrogens (tertiary/aromatic N) is 3. The van der Waals surface area contributed by atoms with E-state index in [4.69, 9.17) is 14.5 Å². The number of carbonyl (C=O) groups excluding carboxylic acids is 1. The highest BCUT2D eigenvalue weighted by atomic mass is 16.5. The summed E-state index contributed by atoms with van der Waals surface area (Å²) in [6.45, 7) is 1.91. The molecule has 0 spiro atoms. The van der Waals surface area contributed by atoms with Gasteiger partial charge in [0.05, 0.1) is 36.9 Å².